The first-order valence-corrected chi connectivity index (χ1v) is 6.72. The molecule has 6 nitrogen and oxygen atoms in total. The van der Waals surface area contributed by atoms with Gasteiger partial charge in [-0.2, -0.15) is 0 Å². The molecule has 6 heteroatoms. The summed E-state index contributed by atoms with van der Waals surface area (Å²) in [6.45, 7) is 0.523. The number of pyridine rings is 1. The first-order chi connectivity index (χ1) is 9.72. The molecule has 20 heavy (non-hydrogen) atoms. The summed E-state index contributed by atoms with van der Waals surface area (Å²) < 4.78 is 1.95. The number of nitrogens with zero attached hydrogens (tertiary/aromatic N) is 2. The maximum atomic E-state index is 11.8. The van der Waals surface area contributed by atoms with Gasteiger partial charge in [0.25, 0.3) is 0 Å². The van der Waals surface area contributed by atoms with E-state index in [4.69, 9.17) is 0 Å². The zero-order valence-electron chi connectivity index (χ0n) is 11.0. The third-order valence-electron chi connectivity index (χ3n) is 3.41. The van der Waals surface area contributed by atoms with E-state index >= 15 is 0 Å². The zero-order chi connectivity index (χ0) is 13.9. The maximum absolute atomic E-state index is 11.8. The molecule has 1 atom stereocenters. The van der Waals surface area contributed by atoms with Gasteiger partial charge < -0.3 is 15.0 Å². The molecule has 0 spiro atoms. The summed E-state index contributed by atoms with van der Waals surface area (Å²) in [5.74, 6) is -0.162. The molecule has 3 heterocycles. The average Bonchev–Trinajstić information content (AvgIpc) is 3.04. The van der Waals surface area contributed by atoms with Crippen LogP contribution in [0.2, 0.25) is 0 Å². The first-order valence-electron chi connectivity index (χ1n) is 6.72. The first kappa shape index (κ1) is 12.7. The van der Waals surface area contributed by atoms with Crippen molar-refractivity contribution in [3.05, 3.63) is 36.3 Å². The molecular formula is C14H16N4O2. The van der Waals surface area contributed by atoms with Gasteiger partial charge in [0.2, 0.25) is 11.8 Å². The molecule has 0 aromatic carbocycles. The monoisotopic (exact) mass is 272 g/mol. The van der Waals surface area contributed by atoms with Gasteiger partial charge in [-0.3, -0.25) is 9.59 Å². The lowest BCUT2D eigenvalue weighted by Crippen LogP contribution is -2.42. The highest BCUT2D eigenvalue weighted by Crippen LogP contribution is 2.07. The number of carbonyl (C=O) groups is 2. The number of carbonyl (C=O) groups excluding carboxylic acids is 2. The third kappa shape index (κ3) is 2.64. The van der Waals surface area contributed by atoms with Gasteiger partial charge in [-0.15, -0.1) is 0 Å². The SMILES string of the molecule is O=C1CC[C@@H](C(=O)NCCc2cn3ccccc3n2)N1. The van der Waals surface area contributed by atoms with Crippen molar-refractivity contribution in [3.8, 4) is 0 Å². The lowest BCUT2D eigenvalue weighted by molar-refractivity contribution is -0.125. The molecule has 2 amide bonds. The van der Waals surface area contributed by atoms with Crippen LogP contribution in [0.15, 0.2) is 30.6 Å². The van der Waals surface area contributed by atoms with E-state index in [0.717, 1.165) is 11.3 Å². The third-order valence-corrected chi connectivity index (χ3v) is 3.41. The van der Waals surface area contributed by atoms with E-state index < -0.39 is 0 Å². The number of fused-ring (bicyclic) bond motifs is 1. The molecule has 3 rings (SSSR count). The Balaban J connectivity index is 1.52. The molecule has 2 N–H and O–H groups in total. The predicted molar refractivity (Wildman–Crippen MR) is 73.1 cm³/mol. The van der Waals surface area contributed by atoms with Crippen LogP contribution in [0.5, 0.6) is 0 Å². The van der Waals surface area contributed by atoms with Crippen molar-refractivity contribution in [1.82, 2.24) is 20.0 Å². The fraction of sp³-hybridized carbons (Fsp3) is 0.357. The number of hydrogen-bond acceptors (Lipinski definition) is 3. The van der Waals surface area contributed by atoms with Gasteiger partial charge in [0.1, 0.15) is 11.7 Å². The summed E-state index contributed by atoms with van der Waals surface area (Å²) >= 11 is 0. The van der Waals surface area contributed by atoms with Crippen LogP contribution in [0.25, 0.3) is 5.65 Å². The molecular weight excluding hydrogens is 256 g/mol. The molecule has 0 saturated carbocycles. The van der Waals surface area contributed by atoms with Crippen LogP contribution in [0.3, 0.4) is 0 Å². The Hall–Kier alpha value is -2.37. The Bertz CT molecular complexity index is 616. The Kier molecular flexibility index (Phi) is 3.37. The summed E-state index contributed by atoms with van der Waals surface area (Å²) in [6.07, 6.45) is 5.59. The van der Waals surface area contributed by atoms with Crippen LogP contribution in [0, 0.1) is 0 Å². The molecule has 1 saturated heterocycles. The van der Waals surface area contributed by atoms with Crippen LogP contribution >= 0.6 is 0 Å². The average molecular weight is 272 g/mol. The normalized spacial score (nSPS) is 18.2. The van der Waals surface area contributed by atoms with Gasteiger partial charge in [0.15, 0.2) is 0 Å². The smallest absolute Gasteiger partial charge is 0.242 e. The number of rotatable bonds is 4. The van der Waals surface area contributed by atoms with Gasteiger partial charge in [0, 0.05) is 31.8 Å². The summed E-state index contributed by atoms with van der Waals surface area (Å²) in [5, 5.41) is 5.49. The Morgan fingerprint density at radius 2 is 2.40 bits per heavy atom. The van der Waals surface area contributed by atoms with Crippen LogP contribution in [-0.2, 0) is 16.0 Å². The van der Waals surface area contributed by atoms with Crippen molar-refractivity contribution in [1.29, 1.82) is 0 Å². The molecule has 0 radical (unpaired) electrons. The van der Waals surface area contributed by atoms with Crippen LogP contribution in [0.4, 0.5) is 0 Å². The number of amides is 2. The Morgan fingerprint density at radius 3 is 3.15 bits per heavy atom. The van der Waals surface area contributed by atoms with Gasteiger partial charge in [0.05, 0.1) is 5.69 Å². The number of aromatic nitrogens is 2. The second-order valence-electron chi connectivity index (χ2n) is 4.90. The van der Waals surface area contributed by atoms with Crippen LogP contribution in [-0.4, -0.2) is 33.8 Å². The molecule has 1 fully saturated rings. The van der Waals surface area contributed by atoms with Crippen molar-refractivity contribution < 1.29 is 9.59 Å². The highest BCUT2D eigenvalue weighted by atomic mass is 16.2. The molecule has 1 aliphatic rings. The van der Waals surface area contributed by atoms with E-state index in [9.17, 15) is 9.59 Å². The standard InChI is InChI=1S/C14H16N4O2/c19-13-5-4-11(17-13)14(20)15-7-6-10-9-18-8-2-1-3-12(18)16-10/h1-3,8-9,11H,4-7H2,(H,15,20)(H,17,19)/t11-/m0/s1. The summed E-state index contributed by atoms with van der Waals surface area (Å²) in [7, 11) is 0. The minimum atomic E-state index is -0.372. The van der Waals surface area contributed by atoms with E-state index in [1.165, 1.54) is 0 Å². The fourth-order valence-corrected chi connectivity index (χ4v) is 2.36. The maximum Gasteiger partial charge on any atom is 0.242 e. The van der Waals surface area contributed by atoms with E-state index in [1.54, 1.807) is 0 Å². The number of hydrogen-bond donors (Lipinski definition) is 2. The molecule has 0 bridgehead atoms. The van der Waals surface area contributed by atoms with Crippen molar-refractivity contribution >= 4 is 17.5 Å². The van der Waals surface area contributed by atoms with Gasteiger partial charge in [-0.05, 0) is 18.6 Å². The molecule has 0 unspecified atom stereocenters. The van der Waals surface area contributed by atoms with Gasteiger partial charge in [-0.25, -0.2) is 4.98 Å². The summed E-state index contributed by atoms with van der Waals surface area (Å²) in [6, 6.07) is 5.46. The second kappa shape index (κ2) is 5.32. The van der Waals surface area contributed by atoms with E-state index in [-0.39, 0.29) is 17.9 Å². The Labute approximate surface area is 116 Å². The van der Waals surface area contributed by atoms with Crippen molar-refractivity contribution in [3.63, 3.8) is 0 Å². The predicted octanol–water partition coefficient (Wildman–Crippen LogP) is 0.272. The van der Waals surface area contributed by atoms with E-state index in [0.29, 0.717) is 25.8 Å². The number of nitrogens with one attached hydrogen (secondary N) is 2. The van der Waals surface area contributed by atoms with Gasteiger partial charge in [-0.1, -0.05) is 6.07 Å². The highest BCUT2D eigenvalue weighted by Gasteiger charge is 2.26. The second-order valence-corrected chi connectivity index (χ2v) is 4.90. The fourth-order valence-electron chi connectivity index (χ4n) is 2.36. The molecule has 2 aromatic rings. The molecule has 0 aliphatic carbocycles. The topological polar surface area (TPSA) is 75.5 Å². The lowest BCUT2D eigenvalue weighted by atomic mass is 10.2. The number of imidazole rings is 1. The highest BCUT2D eigenvalue weighted by molar-refractivity contribution is 5.90. The minimum Gasteiger partial charge on any atom is -0.354 e. The van der Waals surface area contributed by atoms with Crippen LogP contribution in [0.1, 0.15) is 18.5 Å². The quantitative estimate of drug-likeness (QED) is 0.839. The largest absolute Gasteiger partial charge is 0.354 e. The van der Waals surface area contributed by atoms with E-state index in [2.05, 4.69) is 15.6 Å². The summed E-state index contributed by atoms with van der Waals surface area (Å²) in [5.41, 5.74) is 1.84. The lowest BCUT2D eigenvalue weighted by Gasteiger charge is -2.09. The van der Waals surface area contributed by atoms with Crippen molar-refractivity contribution in [2.45, 2.75) is 25.3 Å². The van der Waals surface area contributed by atoms with Crippen molar-refractivity contribution in [2.24, 2.45) is 0 Å². The minimum absolute atomic E-state index is 0.0505. The molecule has 104 valence electrons. The molecule has 2 aromatic heterocycles. The van der Waals surface area contributed by atoms with Crippen molar-refractivity contribution in [2.75, 3.05) is 6.54 Å². The van der Waals surface area contributed by atoms with E-state index in [1.807, 2.05) is 35.0 Å². The van der Waals surface area contributed by atoms with Gasteiger partial charge >= 0.3 is 0 Å². The zero-order valence-corrected chi connectivity index (χ0v) is 11.0. The Morgan fingerprint density at radius 1 is 1.50 bits per heavy atom. The summed E-state index contributed by atoms with van der Waals surface area (Å²) in [4.78, 5) is 27.3. The van der Waals surface area contributed by atoms with Crippen LogP contribution < -0.4 is 10.6 Å². The molecule has 1 aliphatic heterocycles.